The highest BCUT2D eigenvalue weighted by Crippen LogP contribution is 2.13. The monoisotopic (exact) mass is 417 g/mol. The van der Waals surface area contributed by atoms with Crippen molar-refractivity contribution in [3.05, 3.63) is 66.2 Å². The molecule has 0 atom stereocenters. The Hall–Kier alpha value is -1.95. The second-order valence-electron chi connectivity index (χ2n) is 6.97. The summed E-state index contributed by atoms with van der Waals surface area (Å²) in [5.41, 5.74) is 1.83. The number of carbonyl (C=O) groups excluding carboxylic acids is 1. The predicted molar refractivity (Wildman–Crippen MR) is 123 cm³/mol. The van der Waals surface area contributed by atoms with E-state index < -0.39 is 0 Å². The summed E-state index contributed by atoms with van der Waals surface area (Å²) in [5.74, 6) is 0.240. The van der Waals surface area contributed by atoms with Crippen LogP contribution in [0.4, 0.5) is 5.69 Å². The summed E-state index contributed by atoms with van der Waals surface area (Å²) in [4.78, 5) is 14.6. The molecule has 0 unspecified atom stereocenters. The first-order valence-electron chi connectivity index (χ1n) is 9.64. The summed E-state index contributed by atoms with van der Waals surface area (Å²) in [7, 11) is 0. The molecule has 2 aromatic rings. The van der Waals surface area contributed by atoms with Crippen LogP contribution in [0.15, 0.2) is 60.7 Å². The number of hydrogen-bond donors (Lipinski definition) is 2. The van der Waals surface area contributed by atoms with Crippen LogP contribution in [-0.4, -0.2) is 41.5 Å². The van der Waals surface area contributed by atoms with Gasteiger partial charge in [0.1, 0.15) is 0 Å². The molecule has 2 N–H and O–H groups in total. The molecule has 0 bridgehead atoms. The number of Topliss-reactive ketones (excluding diaryl/α,β-unsaturated/α-hetero) is 1. The molecule has 3 rings (SSSR count). The van der Waals surface area contributed by atoms with E-state index in [1.165, 1.54) is 0 Å². The zero-order chi connectivity index (χ0) is 18.9. The quantitative estimate of drug-likeness (QED) is 0.512. The van der Waals surface area contributed by atoms with E-state index in [9.17, 15) is 4.79 Å². The number of anilines is 1. The van der Waals surface area contributed by atoms with Crippen molar-refractivity contribution in [1.29, 1.82) is 0 Å². The first kappa shape index (κ1) is 22.3. The van der Waals surface area contributed by atoms with Gasteiger partial charge in [0.25, 0.3) is 0 Å². The Bertz CT molecular complexity index is 734. The smallest absolute Gasteiger partial charge is 0.170 e. The first-order chi connectivity index (χ1) is 13.2. The zero-order valence-electron chi connectivity index (χ0n) is 16.0. The minimum absolute atomic E-state index is 0. The van der Waals surface area contributed by atoms with Crippen LogP contribution >= 0.6 is 24.6 Å². The number of hydrogen-bond acceptors (Lipinski definition) is 3. The lowest BCUT2D eigenvalue weighted by atomic mass is 10.0. The topological polar surface area (TPSA) is 44.4 Å². The van der Waals surface area contributed by atoms with Gasteiger partial charge in [-0.1, -0.05) is 48.5 Å². The van der Waals surface area contributed by atoms with Crippen molar-refractivity contribution in [3.8, 4) is 0 Å². The van der Waals surface area contributed by atoms with E-state index in [1.807, 2.05) is 60.7 Å². The Labute approximate surface area is 179 Å². The van der Waals surface area contributed by atoms with Crippen LogP contribution in [-0.2, 0) is 0 Å². The minimum Gasteiger partial charge on any atom is -0.360 e. The number of nitrogens with one attached hydrogen (secondary N) is 2. The number of benzene rings is 2. The van der Waals surface area contributed by atoms with Gasteiger partial charge in [-0.15, -0.1) is 12.4 Å². The van der Waals surface area contributed by atoms with Gasteiger partial charge in [-0.25, -0.2) is 0 Å². The Morgan fingerprint density at radius 1 is 1.00 bits per heavy atom. The molecule has 0 aromatic heterocycles. The van der Waals surface area contributed by atoms with Crippen molar-refractivity contribution in [2.45, 2.75) is 31.7 Å². The molecule has 28 heavy (non-hydrogen) atoms. The summed E-state index contributed by atoms with van der Waals surface area (Å²) in [6, 6.07) is 20.0. The lowest BCUT2D eigenvalue weighted by Crippen LogP contribution is -2.46. The van der Waals surface area contributed by atoms with Crippen LogP contribution in [0.2, 0.25) is 0 Å². The van der Waals surface area contributed by atoms with Crippen molar-refractivity contribution in [2.24, 2.45) is 0 Å². The van der Waals surface area contributed by atoms with Crippen LogP contribution in [0.25, 0.3) is 0 Å². The molecule has 0 radical (unpaired) electrons. The number of halogens is 1. The van der Waals surface area contributed by atoms with Gasteiger partial charge in [-0.3, -0.25) is 4.79 Å². The molecule has 6 heteroatoms. The van der Waals surface area contributed by atoms with Crippen LogP contribution in [0.1, 0.15) is 36.0 Å². The number of ketones is 1. The van der Waals surface area contributed by atoms with Crippen molar-refractivity contribution >= 4 is 41.2 Å². The number of piperidine rings is 1. The van der Waals surface area contributed by atoms with Crippen molar-refractivity contribution < 1.29 is 4.79 Å². The average Bonchev–Trinajstić information content (AvgIpc) is 2.70. The Kier molecular flexibility index (Phi) is 9.41. The molecule has 4 nitrogen and oxygen atoms in total. The van der Waals surface area contributed by atoms with E-state index in [2.05, 4.69) is 15.5 Å². The van der Waals surface area contributed by atoms with E-state index in [1.54, 1.807) is 0 Å². The maximum Gasteiger partial charge on any atom is 0.170 e. The van der Waals surface area contributed by atoms with Crippen LogP contribution in [0, 0.1) is 0 Å². The highest BCUT2D eigenvalue weighted by Gasteiger charge is 2.19. The summed E-state index contributed by atoms with van der Waals surface area (Å²) >= 11 is 5.42. The average molecular weight is 418 g/mol. The van der Waals surface area contributed by atoms with Gasteiger partial charge in [-0.05, 0) is 50.2 Å². The van der Waals surface area contributed by atoms with E-state index in [4.69, 9.17) is 12.2 Å². The van der Waals surface area contributed by atoms with Gasteiger partial charge in [0.05, 0.1) is 0 Å². The van der Waals surface area contributed by atoms with E-state index >= 15 is 0 Å². The molecule has 0 saturated carbocycles. The van der Waals surface area contributed by atoms with Crippen LogP contribution in [0.5, 0.6) is 0 Å². The summed E-state index contributed by atoms with van der Waals surface area (Å²) < 4.78 is 0. The second-order valence-corrected chi connectivity index (χ2v) is 7.38. The fraction of sp³-hybridized carbons (Fsp3) is 0.364. The molecule has 1 heterocycles. The van der Waals surface area contributed by atoms with Gasteiger partial charge >= 0.3 is 0 Å². The molecular weight excluding hydrogens is 390 g/mol. The van der Waals surface area contributed by atoms with Gasteiger partial charge in [-0.2, -0.15) is 0 Å². The third-order valence-corrected chi connectivity index (χ3v) is 5.15. The normalized spacial score (nSPS) is 14.7. The van der Waals surface area contributed by atoms with Gasteiger partial charge in [0.15, 0.2) is 10.9 Å². The molecule has 1 saturated heterocycles. The fourth-order valence-corrected chi connectivity index (χ4v) is 3.69. The Balaban J connectivity index is 0.00000280. The van der Waals surface area contributed by atoms with Crippen molar-refractivity contribution in [3.63, 3.8) is 0 Å². The predicted octanol–water partition coefficient (Wildman–Crippen LogP) is 4.52. The lowest BCUT2D eigenvalue weighted by molar-refractivity contribution is 0.0972. The molecule has 2 aromatic carbocycles. The standard InChI is InChI=1S/C22H27N3OS.ClH/c26-21(18-8-3-1-4-9-18)12-7-15-25-16-13-20(14-17-25)24-22(27)23-19-10-5-2-6-11-19;/h1-6,8-11,20H,7,12-17H2,(H2,23,24,27);1H. The third-order valence-electron chi connectivity index (χ3n) is 4.93. The van der Waals surface area contributed by atoms with Gasteiger partial charge < -0.3 is 15.5 Å². The molecule has 1 aliphatic rings. The maximum atomic E-state index is 12.2. The summed E-state index contributed by atoms with van der Waals surface area (Å²) in [6.07, 6.45) is 3.68. The van der Waals surface area contributed by atoms with Crippen molar-refractivity contribution in [2.75, 3.05) is 25.0 Å². The zero-order valence-corrected chi connectivity index (χ0v) is 17.6. The minimum atomic E-state index is 0. The van der Waals surface area contributed by atoms with Crippen LogP contribution < -0.4 is 10.6 Å². The highest BCUT2D eigenvalue weighted by molar-refractivity contribution is 7.80. The van der Waals surface area contributed by atoms with Crippen LogP contribution in [0.3, 0.4) is 0 Å². The molecular formula is C22H28ClN3OS. The number of rotatable bonds is 7. The first-order valence-corrected chi connectivity index (χ1v) is 10.0. The third kappa shape index (κ3) is 7.23. The lowest BCUT2D eigenvalue weighted by Gasteiger charge is -2.32. The summed E-state index contributed by atoms with van der Waals surface area (Å²) in [5, 5.41) is 7.34. The molecule has 0 spiro atoms. The SMILES string of the molecule is Cl.O=C(CCCN1CCC(NC(=S)Nc2ccccc2)CC1)c1ccccc1. The molecule has 1 fully saturated rings. The van der Waals surface area contributed by atoms with E-state index in [0.717, 1.165) is 50.1 Å². The second kappa shape index (κ2) is 11.8. The largest absolute Gasteiger partial charge is 0.360 e. The van der Waals surface area contributed by atoms with E-state index in [-0.39, 0.29) is 18.2 Å². The Morgan fingerprint density at radius 2 is 1.61 bits per heavy atom. The Morgan fingerprint density at radius 3 is 2.25 bits per heavy atom. The van der Waals surface area contributed by atoms with Crippen molar-refractivity contribution in [1.82, 2.24) is 10.2 Å². The van der Waals surface area contributed by atoms with E-state index in [0.29, 0.717) is 17.6 Å². The number of likely N-dealkylation sites (tertiary alicyclic amines) is 1. The molecule has 0 amide bonds. The molecule has 150 valence electrons. The highest BCUT2D eigenvalue weighted by atomic mass is 35.5. The van der Waals surface area contributed by atoms with Gasteiger partial charge in [0.2, 0.25) is 0 Å². The number of thiocarbonyl (C=S) groups is 1. The number of para-hydroxylation sites is 1. The maximum absolute atomic E-state index is 12.2. The van der Waals surface area contributed by atoms with Gasteiger partial charge in [0, 0.05) is 36.8 Å². The molecule has 1 aliphatic heterocycles. The number of carbonyl (C=O) groups is 1. The number of nitrogens with zero attached hydrogens (tertiary/aromatic N) is 1. The fourth-order valence-electron chi connectivity index (χ4n) is 3.41. The molecule has 0 aliphatic carbocycles. The summed E-state index contributed by atoms with van der Waals surface area (Å²) in [6.45, 7) is 3.08.